The molecule has 4 nitrogen and oxygen atoms in total. The molecule has 0 aliphatic rings. The molecule has 1 rings (SSSR count). The predicted molar refractivity (Wildman–Crippen MR) is 91.4 cm³/mol. The van der Waals surface area contributed by atoms with Crippen LogP contribution in [0.1, 0.15) is 39.2 Å². The molecule has 0 aromatic heterocycles. The summed E-state index contributed by atoms with van der Waals surface area (Å²) in [6.07, 6.45) is -3.78. The van der Waals surface area contributed by atoms with Gasteiger partial charge in [-0.25, -0.2) is 0 Å². The van der Waals surface area contributed by atoms with Crippen LogP contribution in [-0.4, -0.2) is 29.8 Å². The van der Waals surface area contributed by atoms with Gasteiger partial charge in [0, 0.05) is 32.1 Å². The maximum Gasteiger partial charge on any atom is 0.417 e. The quantitative estimate of drug-likeness (QED) is 0.754. The highest BCUT2D eigenvalue weighted by molar-refractivity contribution is 6.31. The molecule has 0 unspecified atom stereocenters. The largest absolute Gasteiger partial charge is 0.417 e. The summed E-state index contributed by atoms with van der Waals surface area (Å²) in [6.45, 7) is 6.24. The van der Waals surface area contributed by atoms with Gasteiger partial charge in [0.05, 0.1) is 10.6 Å². The van der Waals surface area contributed by atoms with Gasteiger partial charge in [-0.05, 0) is 30.5 Å². The molecule has 25 heavy (non-hydrogen) atoms. The topological polar surface area (TPSA) is 49.4 Å². The van der Waals surface area contributed by atoms with Crippen molar-refractivity contribution in [2.75, 3.05) is 18.4 Å². The van der Waals surface area contributed by atoms with E-state index in [9.17, 15) is 22.8 Å². The lowest BCUT2D eigenvalue weighted by Crippen LogP contribution is -2.33. The van der Waals surface area contributed by atoms with Gasteiger partial charge >= 0.3 is 6.18 Å². The number of carbonyl (C=O) groups is 2. The van der Waals surface area contributed by atoms with Crippen molar-refractivity contribution in [1.82, 2.24) is 4.90 Å². The maximum absolute atomic E-state index is 12.8. The number of amides is 2. The summed E-state index contributed by atoms with van der Waals surface area (Å²) >= 11 is 5.54. The first kappa shape index (κ1) is 21.3. The standard InChI is InChI=1S/C17H22ClF3N2O2/c1-11(2)6-8-23(12(3)24)9-7-16(25)22-13-4-5-15(18)14(10-13)17(19,20)21/h4-5,10-11H,6-9H2,1-3H3,(H,22,25). The minimum atomic E-state index is -4.60. The predicted octanol–water partition coefficient (Wildman–Crippen LogP) is 4.58. The Morgan fingerprint density at radius 1 is 1.24 bits per heavy atom. The number of nitrogens with one attached hydrogen (secondary N) is 1. The van der Waals surface area contributed by atoms with E-state index in [-0.39, 0.29) is 24.6 Å². The third kappa shape index (κ3) is 7.34. The van der Waals surface area contributed by atoms with Crippen molar-refractivity contribution in [3.63, 3.8) is 0 Å². The van der Waals surface area contributed by atoms with Crippen molar-refractivity contribution in [2.45, 2.75) is 39.8 Å². The van der Waals surface area contributed by atoms with Gasteiger partial charge in [-0.1, -0.05) is 25.4 Å². The zero-order chi connectivity index (χ0) is 19.2. The fourth-order valence-electron chi connectivity index (χ4n) is 2.12. The van der Waals surface area contributed by atoms with E-state index in [1.54, 1.807) is 4.90 Å². The summed E-state index contributed by atoms with van der Waals surface area (Å²) in [5, 5.41) is 1.98. The monoisotopic (exact) mass is 378 g/mol. The first-order valence-electron chi connectivity index (χ1n) is 7.92. The van der Waals surface area contributed by atoms with Crippen LogP contribution in [0.5, 0.6) is 0 Å². The number of anilines is 1. The third-order valence-electron chi connectivity index (χ3n) is 3.59. The number of hydrogen-bond acceptors (Lipinski definition) is 2. The molecule has 0 bridgehead atoms. The molecule has 0 saturated carbocycles. The first-order chi connectivity index (χ1) is 11.5. The summed E-state index contributed by atoms with van der Waals surface area (Å²) < 4.78 is 38.5. The molecule has 0 fully saturated rings. The number of benzene rings is 1. The van der Waals surface area contributed by atoms with Crippen LogP contribution >= 0.6 is 11.6 Å². The van der Waals surface area contributed by atoms with Crippen LogP contribution in [-0.2, 0) is 15.8 Å². The van der Waals surface area contributed by atoms with Gasteiger partial charge in [-0.3, -0.25) is 9.59 Å². The van der Waals surface area contributed by atoms with Crippen molar-refractivity contribution in [3.05, 3.63) is 28.8 Å². The summed E-state index contributed by atoms with van der Waals surface area (Å²) in [4.78, 5) is 25.1. The highest BCUT2D eigenvalue weighted by Crippen LogP contribution is 2.36. The number of rotatable bonds is 7. The SMILES string of the molecule is CC(=O)N(CCC(=O)Nc1ccc(Cl)c(C(F)(F)F)c1)CCC(C)C. The number of carbonyl (C=O) groups excluding carboxylic acids is 2. The normalized spacial score (nSPS) is 11.5. The second-order valence-corrected chi connectivity index (χ2v) is 6.59. The summed E-state index contributed by atoms with van der Waals surface area (Å²) in [6, 6.07) is 3.18. The lowest BCUT2D eigenvalue weighted by molar-refractivity contribution is -0.137. The lowest BCUT2D eigenvalue weighted by atomic mass is 10.1. The van der Waals surface area contributed by atoms with Crippen LogP contribution in [0.2, 0.25) is 5.02 Å². The van der Waals surface area contributed by atoms with Crippen molar-refractivity contribution in [3.8, 4) is 0 Å². The van der Waals surface area contributed by atoms with Crippen LogP contribution in [0.4, 0.5) is 18.9 Å². The van der Waals surface area contributed by atoms with Crippen molar-refractivity contribution in [1.29, 1.82) is 0 Å². The van der Waals surface area contributed by atoms with Gasteiger partial charge in [-0.15, -0.1) is 0 Å². The highest BCUT2D eigenvalue weighted by atomic mass is 35.5. The van der Waals surface area contributed by atoms with Crippen molar-refractivity contribution < 1.29 is 22.8 Å². The Kier molecular flexibility index (Phi) is 7.73. The van der Waals surface area contributed by atoms with Gasteiger partial charge in [0.1, 0.15) is 0 Å². The summed E-state index contributed by atoms with van der Waals surface area (Å²) in [5.74, 6) is -0.184. The Bertz CT molecular complexity index is 618. The van der Waals surface area contributed by atoms with Crippen LogP contribution < -0.4 is 5.32 Å². The molecule has 0 heterocycles. The zero-order valence-corrected chi connectivity index (χ0v) is 15.2. The molecule has 0 aliphatic heterocycles. The van der Waals surface area contributed by atoms with E-state index in [4.69, 9.17) is 11.6 Å². The third-order valence-corrected chi connectivity index (χ3v) is 3.92. The van der Waals surface area contributed by atoms with Gasteiger partial charge in [0.25, 0.3) is 0 Å². The number of alkyl halides is 3. The second-order valence-electron chi connectivity index (χ2n) is 6.18. The average Bonchev–Trinajstić information content (AvgIpc) is 2.47. The number of hydrogen-bond donors (Lipinski definition) is 1. The Morgan fingerprint density at radius 3 is 2.40 bits per heavy atom. The Labute approximate surface area is 150 Å². The molecule has 0 spiro atoms. The molecular formula is C17H22ClF3N2O2. The van der Waals surface area contributed by atoms with Gasteiger partial charge < -0.3 is 10.2 Å². The Morgan fingerprint density at radius 2 is 1.88 bits per heavy atom. The molecule has 1 aromatic carbocycles. The van der Waals surface area contributed by atoms with E-state index in [0.29, 0.717) is 12.5 Å². The first-order valence-corrected chi connectivity index (χ1v) is 8.30. The molecule has 140 valence electrons. The second kappa shape index (κ2) is 9.08. The minimum absolute atomic E-state index is 0.00164. The minimum Gasteiger partial charge on any atom is -0.342 e. The molecule has 1 N–H and O–H groups in total. The number of halogens is 4. The van der Waals surface area contributed by atoms with Crippen LogP contribution in [0.25, 0.3) is 0 Å². The molecule has 0 radical (unpaired) electrons. The van der Waals surface area contributed by atoms with Crippen LogP contribution in [0, 0.1) is 5.92 Å². The molecular weight excluding hydrogens is 357 g/mol. The van der Waals surface area contributed by atoms with E-state index < -0.39 is 22.7 Å². The van der Waals surface area contributed by atoms with Crippen molar-refractivity contribution >= 4 is 29.1 Å². The maximum atomic E-state index is 12.8. The van der Waals surface area contributed by atoms with E-state index in [1.807, 2.05) is 13.8 Å². The van der Waals surface area contributed by atoms with Gasteiger partial charge in [-0.2, -0.15) is 13.2 Å². The molecule has 2 amide bonds. The smallest absolute Gasteiger partial charge is 0.342 e. The summed E-state index contributed by atoms with van der Waals surface area (Å²) in [7, 11) is 0. The molecule has 1 aromatic rings. The number of nitrogens with zero attached hydrogens (tertiary/aromatic N) is 1. The lowest BCUT2D eigenvalue weighted by Gasteiger charge is -2.21. The fraction of sp³-hybridized carbons (Fsp3) is 0.529. The molecule has 8 heteroatoms. The van der Waals surface area contributed by atoms with Crippen LogP contribution in [0.15, 0.2) is 18.2 Å². The van der Waals surface area contributed by atoms with E-state index in [2.05, 4.69) is 5.32 Å². The zero-order valence-electron chi connectivity index (χ0n) is 14.4. The summed E-state index contributed by atoms with van der Waals surface area (Å²) in [5.41, 5.74) is -0.993. The van der Waals surface area contributed by atoms with Crippen LogP contribution in [0.3, 0.4) is 0 Å². The fourth-order valence-corrected chi connectivity index (χ4v) is 2.35. The van der Waals surface area contributed by atoms with E-state index in [0.717, 1.165) is 18.6 Å². The van der Waals surface area contributed by atoms with Crippen molar-refractivity contribution in [2.24, 2.45) is 5.92 Å². The molecule has 0 atom stereocenters. The highest BCUT2D eigenvalue weighted by Gasteiger charge is 2.33. The Balaban J connectivity index is 2.66. The molecule has 0 saturated heterocycles. The van der Waals surface area contributed by atoms with E-state index in [1.165, 1.54) is 13.0 Å². The Hall–Kier alpha value is -1.76. The average molecular weight is 379 g/mol. The van der Waals surface area contributed by atoms with Gasteiger partial charge in [0.2, 0.25) is 11.8 Å². The van der Waals surface area contributed by atoms with Gasteiger partial charge in [0.15, 0.2) is 0 Å². The van der Waals surface area contributed by atoms with E-state index >= 15 is 0 Å². The molecule has 0 aliphatic carbocycles.